The largest absolute Gasteiger partial charge is 0.496 e. The van der Waals surface area contributed by atoms with Crippen molar-refractivity contribution in [3.8, 4) is 23.0 Å². The molecule has 3 rings (SSSR count). The first-order valence-electron chi connectivity index (χ1n) is 10.7. The Morgan fingerprint density at radius 2 is 1.49 bits per heavy atom. The molecule has 0 aliphatic heterocycles. The van der Waals surface area contributed by atoms with Gasteiger partial charge >= 0.3 is 5.97 Å². The van der Waals surface area contributed by atoms with E-state index in [1.807, 2.05) is 30.3 Å². The zero-order valence-corrected chi connectivity index (χ0v) is 19.8. The zero-order chi connectivity index (χ0) is 25.0. The number of esters is 1. The van der Waals surface area contributed by atoms with E-state index >= 15 is 0 Å². The quantitative estimate of drug-likeness (QED) is 0.321. The summed E-state index contributed by atoms with van der Waals surface area (Å²) in [4.78, 5) is 24.2. The lowest BCUT2D eigenvalue weighted by molar-refractivity contribution is -0.142. The van der Waals surface area contributed by atoms with Gasteiger partial charge in [0, 0.05) is 23.4 Å². The van der Waals surface area contributed by atoms with Crippen molar-refractivity contribution in [1.29, 1.82) is 0 Å². The molecule has 1 N–H and O–H groups in total. The zero-order valence-electron chi connectivity index (χ0n) is 19.8. The van der Waals surface area contributed by atoms with E-state index < -0.39 is 18.5 Å². The van der Waals surface area contributed by atoms with Crippen LogP contribution in [0.25, 0.3) is 6.08 Å². The summed E-state index contributed by atoms with van der Waals surface area (Å²) in [6.45, 7) is 0.0176. The van der Waals surface area contributed by atoms with E-state index in [0.717, 1.165) is 5.56 Å². The normalized spacial score (nSPS) is 10.5. The van der Waals surface area contributed by atoms with Crippen molar-refractivity contribution < 1.29 is 33.3 Å². The smallest absolute Gasteiger partial charge is 0.331 e. The number of methoxy groups -OCH3 is 3. The number of benzene rings is 3. The van der Waals surface area contributed by atoms with Crippen LogP contribution < -0.4 is 24.3 Å². The van der Waals surface area contributed by atoms with E-state index in [0.29, 0.717) is 40.9 Å². The molecule has 8 heteroatoms. The van der Waals surface area contributed by atoms with Gasteiger partial charge in [0.2, 0.25) is 0 Å². The molecule has 182 valence electrons. The van der Waals surface area contributed by atoms with Gasteiger partial charge in [-0.3, -0.25) is 4.79 Å². The number of carbonyl (C=O) groups excluding carboxylic acids is 2. The van der Waals surface area contributed by atoms with Crippen LogP contribution in [-0.4, -0.2) is 39.8 Å². The monoisotopic (exact) mass is 477 g/mol. The molecular formula is C27H27NO7. The average molecular weight is 478 g/mol. The molecule has 0 heterocycles. The Hall–Kier alpha value is -4.46. The maximum absolute atomic E-state index is 12.1. The van der Waals surface area contributed by atoms with Gasteiger partial charge in [0.05, 0.1) is 21.3 Å². The SMILES string of the molecule is COc1cc(OC)c(OC)cc1/C=C/C(=O)OCC(=O)Nc1ccc(OCc2ccccc2)cc1. The predicted molar refractivity (Wildman–Crippen MR) is 132 cm³/mol. The lowest BCUT2D eigenvalue weighted by atomic mass is 10.1. The van der Waals surface area contributed by atoms with Crippen LogP contribution in [0.15, 0.2) is 72.8 Å². The number of nitrogens with one attached hydrogen (secondary N) is 1. The lowest BCUT2D eigenvalue weighted by Crippen LogP contribution is -2.20. The van der Waals surface area contributed by atoms with Gasteiger partial charge in [-0.05, 0) is 42.0 Å². The number of hydrogen-bond acceptors (Lipinski definition) is 7. The van der Waals surface area contributed by atoms with E-state index in [4.69, 9.17) is 23.7 Å². The van der Waals surface area contributed by atoms with Gasteiger partial charge in [0.1, 0.15) is 18.1 Å². The fourth-order valence-corrected chi connectivity index (χ4v) is 3.10. The molecule has 0 spiro atoms. The first-order chi connectivity index (χ1) is 17.0. The minimum absolute atomic E-state index is 0.432. The molecule has 8 nitrogen and oxygen atoms in total. The summed E-state index contributed by atoms with van der Waals surface area (Å²) in [7, 11) is 4.53. The van der Waals surface area contributed by atoms with Crippen LogP contribution in [-0.2, 0) is 20.9 Å². The molecule has 35 heavy (non-hydrogen) atoms. The van der Waals surface area contributed by atoms with Gasteiger partial charge < -0.3 is 29.0 Å². The summed E-state index contributed by atoms with van der Waals surface area (Å²) in [6.07, 6.45) is 2.71. The van der Waals surface area contributed by atoms with E-state index in [-0.39, 0.29) is 0 Å². The lowest BCUT2D eigenvalue weighted by Gasteiger charge is -2.12. The molecule has 0 atom stereocenters. The molecule has 3 aromatic carbocycles. The van der Waals surface area contributed by atoms with Crippen LogP contribution in [0, 0.1) is 0 Å². The fourth-order valence-electron chi connectivity index (χ4n) is 3.10. The van der Waals surface area contributed by atoms with Crippen molar-refractivity contribution in [3.05, 3.63) is 83.9 Å². The van der Waals surface area contributed by atoms with Crippen LogP contribution in [0.1, 0.15) is 11.1 Å². The summed E-state index contributed by atoms with van der Waals surface area (Å²) in [5, 5.41) is 2.67. The molecule has 0 bridgehead atoms. The second-order valence-corrected chi connectivity index (χ2v) is 7.24. The number of hydrogen-bond donors (Lipinski definition) is 1. The molecule has 0 fully saturated rings. The summed E-state index contributed by atoms with van der Waals surface area (Å²) in [6, 6.07) is 20.1. The Bertz CT molecular complexity index is 1160. The highest BCUT2D eigenvalue weighted by Crippen LogP contribution is 2.35. The first kappa shape index (κ1) is 25.2. The highest BCUT2D eigenvalue weighted by molar-refractivity contribution is 5.94. The highest BCUT2D eigenvalue weighted by Gasteiger charge is 2.11. The molecular weight excluding hydrogens is 450 g/mol. The van der Waals surface area contributed by atoms with Gasteiger partial charge in [-0.2, -0.15) is 0 Å². The van der Waals surface area contributed by atoms with Crippen LogP contribution in [0.5, 0.6) is 23.0 Å². The summed E-state index contributed by atoms with van der Waals surface area (Å²) < 4.78 is 26.6. The van der Waals surface area contributed by atoms with Crippen LogP contribution in [0.2, 0.25) is 0 Å². The molecule has 0 aromatic heterocycles. The van der Waals surface area contributed by atoms with E-state index in [2.05, 4.69) is 5.32 Å². The standard InChI is InChI=1S/C27H27NO7/c1-31-23-16-25(33-3)24(32-2)15-20(23)9-14-27(30)35-18-26(29)28-21-10-12-22(13-11-21)34-17-19-7-5-4-6-8-19/h4-16H,17-18H2,1-3H3,(H,28,29)/b14-9+. The van der Waals surface area contributed by atoms with Crippen molar-refractivity contribution in [1.82, 2.24) is 0 Å². The summed E-state index contributed by atoms with van der Waals surface area (Å²) in [5.41, 5.74) is 2.20. The summed E-state index contributed by atoms with van der Waals surface area (Å²) in [5.74, 6) is 0.999. The molecule has 0 radical (unpaired) electrons. The molecule has 0 saturated carbocycles. The van der Waals surface area contributed by atoms with Crippen LogP contribution in [0.4, 0.5) is 5.69 Å². The van der Waals surface area contributed by atoms with Crippen molar-refractivity contribution in [3.63, 3.8) is 0 Å². The molecule has 1 amide bonds. The van der Waals surface area contributed by atoms with Gasteiger partial charge in [-0.1, -0.05) is 30.3 Å². The topological polar surface area (TPSA) is 92.3 Å². The van der Waals surface area contributed by atoms with Crippen LogP contribution >= 0.6 is 0 Å². The van der Waals surface area contributed by atoms with Gasteiger partial charge in [0.25, 0.3) is 5.91 Å². The van der Waals surface area contributed by atoms with Crippen molar-refractivity contribution in [2.24, 2.45) is 0 Å². The average Bonchev–Trinajstić information content (AvgIpc) is 2.90. The Morgan fingerprint density at radius 1 is 0.829 bits per heavy atom. The highest BCUT2D eigenvalue weighted by atomic mass is 16.5. The number of amides is 1. The van der Waals surface area contributed by atoms with Crippen molar-refractivity contribution >= 4 is 23.6 Å². The molecule has 0 aliphatic carbocycles. The minimum Gasteiger partial charge on any atom is -0.496 e. The molecule has 0 aliphatic rings. The Morgan fingerprint density at radius 3 is 2.14 bits per heavy atom. The second-order valence-electron chi connectivity index (χ2n) is 7.24. The Balaban J connectivity index is 1.48. The minimum atomic E-state index is -0.679. The van der Waals surface area contributed by atoms with E-state index in [1.165, 1.54) is 33.5 Å². The maximum Gasteiger partial charge on any atom is 0.331 e. The number of ether oxygens (including phenoxy) is 5. The van der Waals surface area contributed by atoms with E-state index in [1.54, 1.807) is 36.4 Å². The molecule has 3 aromatic rings. The third-order valence-electron chi connectivity index (χ3n) is 4.87. The molecule has 0 unspecified atom stereocenters. The molecule has 0 saturated heterocycles. The third-order valence-corrected chi connectivity index (χ3v) is 4.87. The third kappa shape index (κ3) is 7.53. The predicted octanol–water partition coefficient (Wildman–Crippen LogP) is 4.49. The Labute approximate surface area is 204 Å². The van der Waals surface area contributed by atoms with Crippen LogP contribution in [0.3, 0.4) is 0 Å². The Kier molecular flexibility index (Phi) is 9.13. The number of anilines is 1. The van der Waals surface area contributed by atoms with Crippen molar-refractivity contribution in [2.75, 3.05) is 33.3 Å². The first-order valence-corrected chi connectivity index (χ1v) is 10.7. The van der Waals surface area contributed by atoms with Gasteiger partial charge in [-0.15, -0.1) is 0 Å². The second kappa shape index (κ2) is 12.7. The fraction of sp³-hybridized carbons (Fsp3) is 0.185. The maximum atomic E-state index is 12.1. The number of rotatable bonds is 11. The summed E-state index contributed by atoms with van der Waals surface area (Å²) >= 11 is 0. The van der Waals surface area contributed by atoms with Crippen molar-refractivity contribution in [2.45, 2.75) is 6.61 Å². The van der Waals surface area contributed by atoms with E-state index in [9.17, 15) is 9.59 Å². The van der Waals surface area contributed by atoms with Gasteiger partial charge in [-0.25, -0.2) is 4.79 Å². The number of carbonyl (C=O) groups is 2. The van der Waals surface area contributed by atoms with Gasteiger partial charge in [0.15, 0.2) is 18.1 Å².